The lowest BCUT2D eigenvalue weighted by Gasteiger charge is -2.39. The number of aliphatic hydroxyl groups is 1. The van der Waals surface area contributed by atoms with Crippen LogP contribution in [-0.2, 0) is 29.0 Å². The number of fused-ring (bicyclic) bond motifs is 1. The average Bonchev–Trinajstić information content (AvgIpc) is 2.53. The molecule has 1 unspecified atom stereocenters. The van der Waals surface area contributed by atoms with Gasteiger partial charge in [-0.05, 0) is 30.0 Å². The van der Waals surface area contributed by atoms with Crippen LogP contribution in [0.3, 0.4) is 0 Å². The molecule has 0 spiro atoms. The number of hydrogen-bond donors (Lipinski definition) is 2. The summed E-state index contributed by atoms with van der Waals surface area (Å²) in [5, 5.41) is 9.93. The third-order valence-electron chi connectivity index (χ3n) is 4.11. The van der Waals surface area contributed by atoms with Gasteiger partial charge in [-0.2, -0.15) is 0 Å². The number of carbonyl (C=O) groups is 1. The first-order valence-electron chi connectivity index (χ1n) is 7.30. The van der Waals surface area contributed by atoms with Crippen LogP contribution in [0.2, 0.25) is 0 Å². The molecule has 1 aromatic rings. The molecule has 5 heteroatoms. The van der Waals surface area contributed by atoms with Gasteiger partial charge in [-0.3, -0.25) is 4.79 Å². The second kappa shape index (κ2) is 5.50. The van der Waals surface area contributed by atoms with Gasteiger partial charge < -0.3 is 20.5 Å². The standard InChI is InChI=1S/C16H20N2O3/c1-2-21-16-13(14(19)15(16)20)18-6-5-11-4-3-10(8-17)7-12(11)9-18/h3-4,7,14,19H,2,5-6,8-9,17H2,1H3. The summed E-state index contributed by atoms with van der Waals surface area (Å²) in [6, 6.07) is 6.28. The highest BCUT2D eigenvalue weighted by Gasteiger charge is 2.43. The van der Waals surface area contributed by atoms with E-state index in [9.17, 15) is 9.90 Å². The van der Waals surface area contributed by atoms with Gasteiger partial charge in [0.1, 0.15) is 0 Å². The maximum absolute atomic E-state index is 11.7. The molecule has 1 aromatic carbocycles. The zero-order valence-electron chi connectivity index (χ0n) is 12.1. The first-order chi connectivity index (χ1) is 10.2. The molecule has 0 amide bonds. The minimum Gasteiger partial charge on any atom is -0.488 e. The van der Waals surface area contributed by atoms with E-state index in [0.717, 1.165) is 18.5 Å². The van der Waals surface area contributed by atoms with E-state index in [-0.39, 0.29) is 5.78 Å². The Kier molecular flexibility index (Phi) is 3.69. The van der Waals surface area contributed by atoms with Gasteiger partial charge in [0.2, 0.25) is 5.78 Å². The summed E-state index contributed by atoms with van der Waals surface area (Å²) < 4.78 is 5.37. The lowest BCUT2D eigenvalue weighted by atomic mass is 9.91. The number of nitrogens with zero attached hydrogens (tertiary/aromatic N) is 1. The monoisotopic (exact) mass is 288 g/mol. The van der Waals surface area contributed by atoms with E-state index in [0.29, 0.717) is 31.2 Å². The topological polar surface area (TPSA) is 75.8 Å². The van der Waals surface area contributed by atoms with E-state index in [1.807, 2.05) is 11.8 Å². The molecule has 0 aromatic heterocycles. The lowest BCUT2D eigenvalue weighted by Crippen LogP contribution is -2.47. The van der Waals surface area contributed by atoms with Crippen molar-refractivity contribution in [2.24, 2.45) is 5.73 Å². The number of ether oxygens (including phenoxy) is 1. The highest BCUT2D eigenvalue weighted by molar-refractivity contribution is 6.06. The molecule has 1 heterocycles. The highest BCUT2D eigenvalue weighted by atomic mass is 16.5. The molecule has 0 bridgehead atoms. The van der Waals surface area contributed by atoms with Crippen LogP contribution in [0.15, 0.2) is 29.7 Å². The van der Waals surface area contributed by atoms with Crippen molar-refractivity contribution in [3.05, 3.63) is 46.3 Å². The fourth-order valence-corrected chi connectivity index (χ4v) is 2.97. The summed E-state index contributed by atoms with van der Waals surface area (Å²) in [5.74, 6) is 0.0109. The quantitative estimate of drug-likeness (QED) is 0.853. The van der Waals surface area contributed by atoms with Crippen LogP contribution in [0.25, 0.3) is 0 Å². The first-order valence-corrected chi connectivity index (χ1v) is 7.30. The Labute approximate surface area is 124 Å². The number of benzene rings is 1. The highest BCUT2D eigenvalue weighted by Crippen LogP contribution is 2.33. The van der Waals surface area contributed by atoms with Gasteiger partial charge in [0.05, 0.1) is 12.3 Å². The van der Waals surface area contributed by atoms with Crippen LogP contribution in [0.1, 0.15) is 23.6 Å². The smallest absolute Gasteiger partial charge is 0.233 e. The van der Waals surface area contributed by atoms with E-state index in [4.69, 9.17) is 10.5 Å². The molecule has 1 atom stereocenters. The number of rotatable bonds is 4. The predicted molar refractivity (Wildman–Crippen MR) is 78.1 cm³/mol. The second-order valence-corrected chi connectivity index (χ2v) is 5.39. The van der Waals surface area contributed by atoms with Crippen LogP contribution < -0.4 is 5.73 Å². The molecule has 1 aliphatic carbocycles. The zero-order valence-corrected chi connectivity index (χ0v) is 12.1. The second-order valence-electron chi connectivity index (χ2n) is 5.39. The van der Waals surface area contributed by atoms with Crippen molar-refractivity contribution in [3.8, 4) is 0 Å². The van der Waals surface area contributed by atoms with Crippen molar-refractivity contribution in [2.75, 3.05) is 13.2 Å². The van der Waals surface area contributed by atoms with Gasteiger partial charge in [-0.15, -0.1) is 0 Å². The number of Topliss-reactive ketones (excluding diaryl/α,β-unsaturated/α-hetero) is 1. The average molecular weight is 288 g/mol. The van der Waals surface area contributed by atoms with Crippen molar-refractivity contribution in [1.29, 1.82) is 0 Å². The SMILES string of the molecule is CCOC1=C(N2CCc3ccc(CN)cc3C2)C(O)C1=O. The summed E-state index contributed by atoms with van der Waals surface area (Å²) in [4.78, 5) is 13.7. The summed E-state index contributed by atoms with van der Waals surface area (Å²) >= 11 is 0. The first kappa shape index (κ1) is 14.1. The Bertz CT molecular complexity index is 610. The molecule has 21 heavy (non-hydrogen) atoms. The van der Waals surface area contributed by atoms with Crippen LogP contribution in [0.5, 0.6) is 0 Å². The summed E-state index contributed by atoms with van der Waals surface area (Å²) in [5.41, 5.74) is 9.93. The maximum atomic E-state index is 11.7. The number of carbonyl (C=O) groups excluding carboxylic acids is 1. The van der Waals surface area contributed by atoms with Crippen molar-refractivity contribution in [1.82, 2.24) is 4.90 Å². The third kappa shape index (κ3) is 2.32. The number of nitrogens with two attached hydrogens (primary N) is 1. The van der Waals surface area contributed by atoms with Crippen LogP contribution in [-0.4, -0.2) is 35.0 Å². The Balaban J connectivity index is 1.87. The normalized spacial score (nSPS) is 21.2. The Morgan fingerprint density at radius 3 is 2.95 bits per heavy atom. The maximum Gasteiger partial charge on any atom is 0.233 e. The van der Waals surface area contributed by atoms with Crippen LogP contribution >= 0.6 is 0 Å². The largest absolute Gasteiger partial charge is 0.488 e. The molecule has 0 saturated heterocycles. The molecule has 112 valence electrons. The predicted octanol–water partition coefficient (Wildman–Crippen LogP) is 0.695. The minimum absolute atomic E-state index is 0.312. The lowest BCUT2D eigenvalue weighted by molar-refractivity contribution is -0.131. The molecule has 2 aliphatic rings. The van der Waals surface area contributed by atoms with Crippen molar-refractivity contribution >= 4 is 5.78 Å². The van der Waals surface area contributed by atoms with Crippen LogP contribution in [0, 0.1) is 0 Å². The third-order valence-corrected chi connectivity index (χ3v) is 4.11. The number of aliphatic hydroxyl groups excluding tert-OH is 1. The molecule has 0 radical (unpaired) electrons. The molecule has 0 saturated carbocycles. The van der Waals surface area contributed by atoms with Crippen molar-refractivity contribution in [3.63, 3.8) is 0 Å². The van der Waals surface area contributed by atoms with Gasteiger partial charge in [0.15, 0.2) is 11.9 Å². The molecular weight excluding hydrogens is 268 g/mol. The Morgan fingerprint density at radius 1 is 1.43 bits per heavy atom. The molecule has 5 nitrogen and oxygen atoms in total. The Hall–Kier alpha value is -1.85. The fourth-order valence-electron chi connectivity index (χ4n) is 2.97. The molecule has 3 N–H and O–H groups in total. The van der Waals surface area contributed by atoms with Crippen LogP contribution in [0.4, 0.5) is 0 Å². The van der Waals surface area contributed by atoms with Gasteiger partial charge in [0, 0.05) is 19.6 Å². The summed E-state index contributed by atoms with van der Waals surface area (Å²) in [6.45, 7) is 4.24. The minimum atomic E-state index is -1.04. The van der Waals surface area contributed by atoms with Gasteiger partial charge >= 0.3 is 0 Å². The molecule has 1 aliphatic heterocycles. The van der Waals surface area contributed by atoms with Gasteiger partial charge in [0.25, 0.3) is 0 Å². The van der Waals surface area contributed by atoms with E-state index in [1.54, 1.807) is 0 Å². The summed E-state index contributed by atoms with van der Waals surface area (Å²) in [6.07, 6.45) is -0.143. The fraction of sp³-hybridized carbons (Fsp3) is 0.438. The Morgan fingerprint density at radius 2 is 2.24 bits per heavy atom. The van der Waals surface area contributed by atoms with Crippen molar-refractivity contribution < 1.29 is 14.6 Å². The van der Waals surface area contributed by atoms with E-state index >= 15 is 0 Å². The van der Waals surface area contributed by atoms with Gasteiger partial charge in [-0.1, -0.05) is 18.2 Å². The zero-order chi connectivity index (χ0) is 15.0. The van der Waals surface area contributed by atoms with Crippen molar-refractivity contribution in [2.45, 2.75) is 32.5 Å². The molecule has 3 rings (SSSR count). The summed E-state index contributed by atoms with van der Waals surface area (Å²) in [7, 11) is 0. The van der Waals surface area contributed by atoms with E-state index in [1.165, 1.54) is 11.1 Å². The number of ketones is 1. The van der Waals surface area contributed by atoms with Gasteiger partial charge in [-0.25, -0.2) is 0 Å². The molecule has 0 fully saturated rings. The van der Waals surface area contributed by atoms with E-state index < -0.39 is 6.10 Å². The van der Waals surface area contributed by atoms with E-state index in [2.05, 4.69) is 18.2 Å². The number of hydrogen-bond acceptors (Lipinski definition) is 5. The molecular formula is C16H20N2O3.